The highest BCUT2D eigenvalue weighted by atomic mass is 16.5. The summed E-state index contributed by atoms with van der Waals surface area (Å²) in [4.78, 5) is 2.55. The van der Waals surface area contributed by atoms with E-state index in [1.165, 1.54) is 32.2 Å². The second-order valence-corrected chi connectivity index (χ2v) is 5.66. The highest BCUT2D eigenvalue weighted by molar-refractivity contribution is 4.82. The zero-order chi connectivity index (χ0) is 11.5. The van der Waals surface area contributed by atoms with Crippen LogP contribution in [0.3, 0.4) is 0 Å². The van der Waals surface area contributed by atoms with Gasteiger partial charge in [-0.2, -0.15) is 0 Å². The van der Waals surface area contributed by atoms with Gasteiger partial charge in [-0.1, -0.05) is 6.42 Å². The maximum atomic E-state index is 6.11. The Morgan fingerprint density at radius 1 is 1.19 bits per heavy atom. The molecule has 0 aromatic carbocycles. The summed E-state index contributed by atoms with van der Waals surface area (Å²) in [5.41, 5.74) is 6.11. The van der Waals surface area contributed by atoms with Crippen LogP contribution in [0.4, 0.5) is 0 Å². The van der Waals surface area contributed by atoms with Crippen LogP contribution in [0.15, 0.2) is 0 Å². The third-order valence-electron chi connectivity index (χ3n) is 4.03. The van der Waals surface area contributed by atoms with Gasteiger partial charge in [-0.3, -0.25) is 4.90 Å². The molecule has 1 aliphatic heterocycles. The van der Waals surface area contributed by atoms with Crippen LogP contribution < -0.4 is 5.73 Å². The summed E-state index contributed by atoms with van der Waals surface area (Å²) < 4.78 is 5.74. The number of ether oxygens (including phenoxy) is 1. The van der Waals surface area contributed by atoms with Gasteiger partial charge in [0.2, 0.25) is 0 Å². The molecule has 2 fully saturated rings. The molecule has 1 saturated heterocycles. The van der Waals surface area contributed by atoms with Crippen molar-refractivity contribution in [2.24, 2.45) is 11.7 Å². The minimum Gasteiger partial charge on any atom is -0.373 e. The van der Waals surface area contributed by atoms with Crippen LogP contribution in [-0.4, -0.2) is 42.8 Å². The first-order valence-corrected chi connectivity index (χ1v) is 6.78. The Kier molecular flexibility index (Phi) is 4.22. The number of nitrogens with two attached hydrogens (primary N) is 1. The van der Waals surface area contributed by atoms with Crippen molar-refractivity contribution in [1.29, 1.82) is 0 Å². The minimum atomic E-state index is 0.390. The fourth-order valence-electron chi connectivity index (χ4n) is 3.24. The molecule has 0 bridgehead atoms. The molecular weight excluding hydrogens is 200 g/mol. The van der Waals surface area contributed by atoms with Crippen molar-refractivity contribution in [1.82, 2.24) is 4.90 Å². The van der Waals surface area contributed by atoms with Crippen LogP contribution in [0.2, 0.25) is 0 Å². The van der Waals surface area contributed by atoms with E-state index in [0.29, 0.717) is 18.2 Å². The maximum Gasteiger partial charge on any atom is 0.0678 e. The largest absolute Gasteiger partial charge is 0.373 e. The molecule has 0 radical (unpaired) electrons. The zero-order valence-electron chi connectivity index (χ0n) is 10.7. The molecule has 4 atom stereocenters. The Hall–Kier alpha value is -0.120. The van der Waals surface area contributed by atoms with Crippen molar-refractivity contribution in [3.05, 3.63) is 0 Å². The van der Waals surface area contributed by atoms with Crippen LogP contribution in [0.25, 0.3) is 0 Å². The second-order valence-electron chi connectivity index (χ2n) is 5.66. The maximum absolute atomic E-state index is 6.11. The third-order valence-corrected chi connectivity index (χ3v) is 4.03. The molecule has 3 nitrogen and oxygen atoms in total. The lowest BCUT2D eigenvalue weighted by Gasteiger charge is -2.36. The Morgan fingerprint density at radius 2 is 1.88 bits per heavy atom. The van der Waals surface area contributed by atoms with Crippen LogP contribution in [0, 0.1) is 5.92 Å². The van der Waals surface area contributed by atoms with E-state index in [9.17, 15) is 0 Å². The number of hydrogen-bond acceptors (Lipinski definition) is 3. The summed E-state index contributed by atoms with van der Waals surface area (Å²) in [6, 6.07) is 0.468. The molecule has 3 heteroatoms. The van der Waals surface area contributed by atoms with E-state index in [4.69, 9.17) is 10.5 Å². The summed E-state index contributed by atoms with van der Waals surface area (Å²) in [5.74, 6) is 0.772. The van der Waals surface area contributed by atoms with Crippen LogP contribution >= 0.6 is 0 Å². The zero-order valence-corrected chi connectivity index (χ0v) is 10.7. The van der Waals surface area contributed by atoms with Crippen LogP contribution in [0.1, 0.15) is 39.5 Å². The number of nitrogens with zero attached hydrogens (tertiary/aromatic N) is 1. The molecule has 0 amide bonds. The van der Waals surface area contributed by atoms with Crippen LogP contribution in [-0.2, 0) is 4.74 Å². The van der Waals surface area contributed by atoms with Gasteiger partial charge in [-0.05, 0) is 45.6 Å². The molecule has 2 aliphatic rings. The van der Waals surface area contributed by atoms with Gasteiger partial charge in [-0.15, -0.1) is 0 Å². The van der Waals surface area contributed by atoms with E-state index in [1.54, 1.807) is 0 Å². The second kappa shape index (κ2) is 5.48. The normalized spacial score (nSPS) is 41.4. The number of morpholine rings is 1. The quantitative estimate of drug-likeness (QED) is 0.794. The van der Waals surface area contributed by atoms with Gasteiger partial charge in [0.15, 0.2) is 0 Å². The van der Waals surface area contributed by atoms with Crippen molar-refractivity contribution >= 4 is 0 Å². The van der Waals surface area contributed by atoms with Crippen molar-refractivity contribution in [2.45, 2.75) is 57.8 Å². The molecule has 1 saturated carbocycles. The SMILES string of the molecule is C[C@@H]1CN(CCC2CCCC2N)C[C@H](C)O1. The van der Waals surface area contributed by atoms with Gasteiger partial charge >= 0.3 is 0 Å². The molecule has 0 aromatic heterocycles. The van der Waals surface area contributed by atoms with Gasteiger partial charge in [0.1, 0.15) is 0 Å². The highest BCUT2D eigenvalue weighted by Crippen LogP contribution is 2.27. The van der Waals surface area contributed by atoms with E-state index >= 15 is 0 Å². The van der Waals surface area contributed by atoms with Crippen molar-refractivity contribution in [2.75, 3.05) is 19.6 Å². The predicted molar refractivity (Wildman–Crippen MR) is 66.4 cm³/mol. The molecule has 0 aromatic rings. The molecule has 2 N–H and O–H groups in total. The Morgan fingerprint density at radius 3 is 2.44 bits per heavy atom. The first-order valence-electron chi connectivity index (χ1n) is 6.78. The first-order chi connectivity index (χ1) is 7.65. The van der Waals surface area contributed by atoms with Crippen molar-refractivity contribution < 1.29 is 4.74 Å². The van der Waals surface area contributed by atoms with Gasteiger partial charge in [0, 0.05) is 19.1 Å². The van der Waals surface area contributed by atoms with Gasteiger partial charge < -0.3 is 10.5 Å². The summed E-state index contributed by atoms with van der Waals surface area (Å²) >= 11 is 0. The number of hydrogen-bond donors (Lipinski definition) is 1. The monoisotopic (exact) mass is 226 g/mol. The average Bonchev–Trinajstić information content (AvgIpc) is 2.59. The van der Waals surface area contributed by atoms with E-state index in [0.717, 1.165) is 19.0 Å². The lowest BCUT2D eigenvalue weighted by molar-refractivity contribution is -0.0689. The smallest absolute Gasteiger partial charge is 0.0678 e. The summed E-state index contributed by atoms with van der Waals surface area (Å²) in [6.07, 6.45) is 5.97. The fourth-order valence-corrected chi connectivity index (χ4v) is 3.24. The summed E-state index contributed by atoms with van der Waals surface area (Å²) in [5, 5.41) is 0. The lowest BCUT2D eigenvalue weighted by atomic mass is 10.00. The Bertz CT molecular complexity index is 212. The third kappa shape index (κ3) is 3.19. The van der Waals surface area contributed by atoms with Gasteiger partial charge in [0.05, 0.1) is 12.2 Å². The lowest BCUT2D eigenvalue weighted by Crippen LogP contribution is -2.46. The average molecular weight is 226 g/mol. The van der Waals surface area contributed by atoms with Crippen molar-refractivity contribution in [3.8, 4) is 0 Å². The molecule has 1 heterocycles. The Labute approximate surface area is 99.3 Å². The highest BCUT2D eigenvalue weighted by Gasteiger charge is 2.26. The molecule has 0 spiro atoms. The minimum absolute atomic E-state index is 0.390. The predicted octanol–water partition coefficient (Wildman–Crippen LogP) is 1.61. The molecule has 94 valence electrons. The van der Waals surface area contributed by atoms with E-state index in [-0.39, 0.29) is 0 Å². The summed E-state index contributed by atoms with van der Waals surface area (Å²) in [7, 11) is 0. The van der Waals surface area contributed by atoms with Crippen LogP contribution in [0.5, 0.6) is 0 Å². The molecule has 2 rings (SSSR count). The van der Waals surface area contributed by atoms with E-state index in [2.05, 4.69) is 18.7 Å². The Balaban J connectivity index is 1.72. The fraction of sp³-hybridized carbons (Fsp3) is 1.00. The van der Waals surface area contributed by atoms with Crippen molar-refractivity contribution in [3.63, 3.8) is 0 Å². The molecule has 16 heavy (non-hydrogen) atoms. The van der Waals surface area contributed by atoms with Gasteiger partial charge in [-0.25, -0.2) is 0 Å². The topological polar surface area (TPSA) is 38.5 Å². The summed E-state index contributed by atoms with van der Waals surface area (Å²) in [6.45, 7) is 7.73. The first kappa shape index (κ1) is 12.3. The molecule has 2 unspecified atom stereocenters. The standard InChI is InChI=1S/C13H26N2O/c1-10-8-15(9-11(2)16-10)7-6-12-4-3-5-13(12)14/h10-13H,3-9,14H2,1-2H3/t10-,11+,12?,13?. The molecular formula is C13H26N2O. The van der Waals surface area contributed by atoms with Gasteiger partial charge in [0.25, 0.3) is 0 Å². The number of rotatable bonds is 3. The van der Waals surface area contributed by atoms with E-state index < -0.39 is 0 Å². The molecule has 1 aliphatic carbocycles. The van der Waals surface area contributed by atoms with E-state index in [1.807, 2.05) is 0 Å².